The van der Waals surface area contributed by atoms with Crippen molar-refractivity contribution in [2.45, 2.75) is 64.8 Å². The second-order valence-electron chi connectivity index (χ2n) is 9.57. The molecule has 1 aliphatic carbocycles. The summed E-state index contributed by atoms with van der Waals surface area (Å²) in [6, 6.07) is 2.17. The number of pyridine rings is 1. The zero-order valence-electron chi connectivity index (χ0n) is 20.3. The van der Waals surface area contributed by atoms with Gasteiger partial charge in [-0.15, -0.1) is 0 Å². The first-order valence-corrected chi connectivity index (χ1v) is 11.6. The van der Waals surface area contributed by atoms with E-state index in [1.165, 1.54) is 19.9 Å². The zero-order chi connectivity index (χ0) is 26.7. The lowest BCUT2D eigenvalue weighted by atomic mass is 9.82. The summed E-state index contributed by atoms with van der Waals surface area (Å²) in [6.07, 6.45) is -0.993. The number of nitrogens with zero attached hydrogens (tertiary/aromatic N) is 3. The Hall–Kier alpha value is -3.39. The van der Waals surface area contributed by atoms with Crippen LogP contribution in [0, 0.1) is 30.6 Å². The summed E-state index contributed by atoms with van der Waals surface area (Å²) < 4.78 is 40.2. The molecule has 8 nitrogen and oxygen atoms in total. The molecular weight excluding hydrogens is 477 g/mol. The van der Waals surface area contributed by atoms with Gasteiger partial charge in [-0.2, -0.15) is 13.2 Å². The number of hydrogen-bond acceptors (Lipinski definition) is 5. The molecule has 3 rings (SSSR count). The van der Waals surface area contributed by atoms with Crippen molar-refractivity contribution >= 4 is 11.9 Å². The molecule has 0 saturated heterocycles. The lowest BCUT2D eigenvalue weighted by Gasteiger charge is -2.26. The third kappa shape index (κ3) is 7.07. The van der Waals surface area contributed by atoms with Crippen LogP contribution in [0.15, 0.2) is 18.3 Å². The summed E-state index contributed by atoms with van der Waals surface area (Å²) in [4.78, 5) is 32.3. The first-order valence-electron chi connectivity index (χ1n) is 11.6. The summed E-state index contributed by atoms with van der Waals surface area (Å²) in [5.41, 5.74) is -1.64. The topological polar surface area (TPSA) is 117 Å². The SMILES string of the molecule is Cc1nc(C#CC(C)(C)O)c(C(=O)NCC2CCC(C(=O)O)CC2)n1Cc1ccc(C(F)(F)F)nc1. The molecule has 0 spiro atoms. The average molecular weight is 507 g/mol. The highest BCUT2D eigenvalue weighted by molar-refractivity contribution is 5.95. The summed E-state index contributed by atoms with van der Waals surface area (Å²) in [5.74, 6) is 4.31. The first kappa shape index (κ1) is 27.2. The molecule has 1 saturated carbocycles. The van der Waals surface area contributed by atoms with Crippen LogP contribution in [0.4, 0.5) is 13.2 Å². The van der Waals surface area contributed by atoms with Gasteiger partial charge >= 0.3 is 12.1 Å². The van der Waals surface area contributed by atoms with Crippen LogP contribution in [0.3, 0.4) is 0 Å². The van der Waals surface area contributed by atoms with Gasteiger partial charge in [-0.05, 0) is 69.9 Å². The lowest BCUT2D eigenvalue weighted by Crippen LogP contribution is -2.34. The molecule has 2 heterocycles. The van der Waals surface area contributed by atoms with Crippen molar-refractivity contribution < 1.29 is 33.0 Å². The highest BCUT2D eigenvalue weighted by Gasteiger charge is 2.32. The third-order valence-corrected chi connectivity index (χ3v) is 6.06. The van der Waals surface area contributed by atoms with E-state index in [2.05, 4.69) is 27.1 Å². The molecule has 2 aromatic heterocycles. The van der Waals surface area contributed by atoms with Crippen molar-refractivity contribution in [3.05, 3.63) is 46.8 Å². The van der Waals surface area contributed by atoms with Crippen LogP contribution in [-0.4, -0.2) is 48.8 Å². The van der Waals surface area contributed by atoms with Crippen molar-refractivity contribution in [2.24, 2.45) is 11.8 Å². The Morgan fingerprint density at radius 1 is 1.19 bits per heavy atom. The molecule has 1 amide bonds. The van der Waals surface area contributed by atoms with E-state index >= 15 is 0 Å². The molecule has 1 aliphatic rings. The van der Waals surface area contributed by atoms with E-state index in [-0.39, 0.29) is 29.8 Å². The number of nitrogens with one attached hydrogen (secondary N) is 1. The summed E-state index contributed by atoms with van der Waals surface area (Å²) in [7, 11) is 0. The van der Waals surface area contributed by atoms with Gasteiger partial charge in [0.25, 0.3) is 5.91 Å². The van der Waals surface area contributed by atoms with Crippen LogP contribution in [0.2, 0.25) is 0 Å². The highest BCUT2D eigenvalue weighted by Crippen LogP contribution is 2.29. The Kier molecular flexibility index (Phi) is 8.09. The van der Waals surface area contributed by atoms with Gasteiger partial charge in [0, 0.05) is 12.7 Å². The number of amides is 1. The molecule has 0 aliphatic heterocycles. The van der Waals surface area contributed by atoms with Crippen molar-refractivity contribution in [3.63, 3.8) is 0 Å². The maximum absolute atomic E-state index is 13.3. The second-order valence-corrected chi connectivity index (χ2v) is 9.57. The van der Waals surface area contributed by atoms with E-state index < -0.39 is 29.3 Å². The minimum atomic E-state index is -4.56. The molecule has 2 aromatic rings. The van der Waals surface area contributed by atoms with Crippen molar-refractivity contribution in [1.29, 1.82) is 0 Å². The number of aliphatic carboxylic acids is 1. The molecule has 1 fully saturated rings. The predicted molar refractivity (Wildman–Crippen MR) is 124 cm³/mol. The van der Waals surface area contributed by atoms with Crippen LogP contribution in [0.1, 0.15) is 72.8 Å². The minimum Gasteiger partial charge on any atom is -0.481 e. The number of imidazole rings is 1. The lowest BCUT2D eigenvalue weighted by molar-refractivity contribution is -0.143. The number of carboxylic acid groups (broad SMARTS) is 1. The standard InChI is InChI=1S/C25H29F3N4O4/c1-15-31-19(10-11-24(2,3)36)21(22(33)30-12-16-4-7-18(8-5-16)23(34)35)32(15)14-17-6-9-20(29-13-17)25(26,27)28/h6,9,13,16,18,36H,4-5,7-8,12,14H2,1-3H3,(H,30,33)(H,34,35). The number of aliphatic hydroxyl groups is 1. The number of carbonyl (C=O) groups excluding carboxylic acids is 1. The minimum absolute atomic E-state index is 0.0423. The maximum atomic E-state index is 13.3. The van der Waals surface area contributed by atoms with Gasteiger partial charge in [-0.1, -0.05) is 12.0 Å². The summed E-state index contributed by atoms with van der Waals surface area (Å²) in [5, 5.41) is 22.0. The van der Waals surface area contributed by atoms with E-state index in [9.17, 15) is 27.9 Å². The van der Waals surface area contributed by atoms with E-state index in [0.717, 1.165) is 12.3 Å². The maximum Gasteiger partial charge on any atom is 0.433 e. The number of hydrogen-bond donors (Lipinski definition) is 3. The van der Waals surface area contributed by atoms with Gasteiger partial charge in [0.1, 0.15) is 28.5 Å². The number of carboxylic acids is 1. The molecule has 0 bridgehead atoms. The Morgan fingerprint density at radius 3 is 2.39 bits per heavy atom. The Bertz CT molecular complexity index is 1160. The number of carbonyl (C=O) groups is 2. The van der Waals surface area contributed by atoms with E-state index in [1.54, 1.807) is 11.5 Å². The number of aryl methyl sites for hydroxylation is 1. The average Bonchev–Trinajstić information content (AvgIpc) is 3.10. The normalized spacial score (nSPS) is 18.3. The zero-order valence-corrected chi connectivity index (χ0v) is 20.3. The third-order valence-electron chi connectivity index (χ3n) is 6.06. The van der Waals surface area contributed by atoms with Crippen LogP contribution < -0.4 is 5.32 Å². The molecule has 0 aromatic carbocycles. The van der Waals surface area contributed by atoms with Gasteiger partial charge in [-0.25, -0.2) is 4.98 Å². The van der Waals surface area contributed by atoms with Crippen LogP contribution in [-0.2, 0) is 17.5 Å². The number of rotatable bonds is 6. The van der Waals surface area contributed by atoms with Gasteiger partial charge in [0.2, 0.25) is 0 Å². The molecular formula is C25H29F3N4O4. The van der Waals surface area contributed by atoms with Gasteiger partial charge < -0.3 is 20.1 Å². The first-order chi connectivity index (χ1) is 16.7. The Morgan fingerprint density at radius 2 is 1.86 bits per heavy atom. The van der Waals surface area contributed by atoms with E-state index in [4.69, 9.17) is 5.11 Å². The quantitative estimate of drug-likeness (QED) is 0.517. The summed E-state index contributed by atoms with van der Waals surface area (Å²) >= 11 is 0. The van der Waals surface area contributed by atoms with Gasteiger partial charge in [-0.3, -0.25) is 14.6 Å². The fourth-order valence-corrected chi connectivity index (χ4v) is 4.09. The van der Waals surface area contributed by atoms with Crippen molar-refractivity contribution in [3.8, 4) is 11.8 Å². The van der Waals surface area contributed by atoms with E-state index in [1.807, 2.05) is 0 Å². The van der Waals surface area contributed by atoms with Crippen LogP contribution >= 0.6 is 0 Å². The highest BCUT2D eigenvalue weighted by atomic mass is 19.4. The van der Waals surface area contributed by atoms with Gasteiger partial charge in [0.15, 0.2) is 0 Å². The molecule has 3 N–H and O–H groups in total. The number of halogens is 3. The molecule has 0 radical (unpaired) electrons. The smallest absolute Gasteiger partial charge is 0.433 e. The monoisotopic (exact) mass is 506 g/mol. The fraction of sp³-hybridized carbons (Fsp3) is 0.520. The number of aromatic nitrogens is 3. The van der Waals surface area contributed by atoms with E-state index in [0.29, 0.717) is 43.6 Å². The van der Waals surface area contributed by atoms with Crippen LogP contribution in [0.5, 0.6) is 0 Å². The predicted octanol–water partition coefficient (Wildman–Crippen LogP) is 3.40. The van der Waals surface area contributed by atoms with Gasteiger partial charge in [0.05, 0.1) is 12.5 Å². The fourth-order valence-electron chi connectivity index (χ4n) is 4.09. The molecule has 194 valence electrons. The summed E-state index contributed by atoms with van der Waals surface area (Å²) in [6.45, 7) is 5.02. The molecule has 36 heavy (non-hydrogen) atoms. The molecule has 0 unspecified atom stereocenters. The second kappa shape index (κ2) is 10.7. The molecule has 11 heteroatoms. The Labute approximate surface area is 207 Å². The largest absolute Gasteiger partial charge is 0.481 e. The van der Waals surface area contributed by atoms with Crippen LogP contribution in [0.25, 0.3) is 0 Å². The van der Waals surface area contributed by atoms with Crippen molar-refractivity contribution in [1.82, 2.24) is 19.9 Å². The van der Waals surface area contributed by atoms with Crippen molar-refractivity contribution in [2.75, 3.05) is 6.54 Å². The molecule has 0 atom stereocenters. The number of alkyl halides is 3. The Balaban J connectivity index is 1.84.